The number of hydrogen-bond acceptors (Lipinski definition) is 3. The lowest BCUT2D eigenvalue weighted by atomic mass is 9.99. The Kier molecular flexibility index (Phi) is 3.15. The summed E-state index contributed by atoms with van der Waals surface area (Å²) in [6.45, 7) is 2.10. The van der Waals surface area contributed by atoms with Gasteiger partial charge in [0, 0.05) is 12.5 Å². The third-order valence-corrected chi connectivity index (χ3v) is 3.77. The summed E-state index contributed by atoms with van der Waals surface area (Å²) in [5, 5.41) is 0. The summed E-state index contributed by atoms with van der Waals surface area (Å²) in [7, 11) is 1.69. The lowest BCUT2D eigenvalue weighted by Crippen LogP contribution is -2.39. The molecular formula is C16H19NO2. The van der Waals surface area contributed by atoms with Gasteiger partial charge in [-0.3, -0.25) is 0 Å². The van der Waals surface area contributed by atoms with Crippen LogP contribution in [-0.2, 0) is 9.47 Å². The number of nitrogens with zero attached hydrogens (tertiary/aromatic N) is 1. The van der Waals surface area contributed by atoms with Crippen LogP contribution in [0.3, 0.4) is 0 Å². The van der Waals surface area contributed by atoms with Crippen LogP contribution in [0.1, 0.15) is 31.7 Å². The average Bonchev–Trinajstić information content (AvgIpc) is 2.78. The summed E-state index contributed by atoms with van der Waals surface area (Å²) < 4.78 is 11.6. The molecule has 3 rings (SSSR count). The van der Waals surface area contributed by atoms with Gasteiger partial charge in [0.05, 0.1) is 18.9 Å². The normalized spacial score (nSPS) is 30.1. The van der Waals surface area contributed by atoms with Gasteiger partial charge in [-0.1, -0.05) is 30.3 Å². The molecule has 0 N–H and O–H groups in total. The zero-order valence-electron chi connectivity index (χ0n) is 11.4. The van der Waals surface area contributed by atoms with Crippen molar-refractivity contribution in [3.8, 4) is 0 Å². The minimum atomic E-state index is -0.586. The first-order valence-corrected chi connectivity index (χ1v) is 6.83. The summed E-state index contributed by atoms with van der Waals surface area (Å²) in [6.07, 6.45) is 5.34. The number of hydrogen-bond donors (Lipinski definition) is 0. The molecule has 0 amide bonds. The van der Waals surface area contributed by atoms with Crippen LogP contribution in [0.2, 0.25) is 0 Å². The van der Waals surface area contributed by atoms with Gasteiger partial charge >= 0.3 is 0 Å². The fraction of sp³-hybridized carbons (Fsp3) is 0.438. The number of benzene rings is 1. The molecule has 0 bridgehead atoms. The van der Waals surface area contributed by atoms with Gasteiger partial charge in [0.2, 0.25) is 5.72 Å². The highest BCUT2D eigenvalue weighted by Gasteiger charge is 2.44. The van der Waals surface area contributed by atoms with Crippen molar-refractivity contribution in [3.63, 3.8) is 0 Å². The quantitative estimate of drug-likeness (QED) is 0.814. The summed E-state index contributed by atoms with van der Waals surface area (Å²) in [5.74, 6) is 0.831. The highest BCUT2D eigenvalue weighted by molar-refractivity contribution is 6.10. The summed E-state index contributed by atoms with van der Waals surface area (Å²) in [6, 6.07) is 10.2. The van der Waals surface area contributed by atoms with E-state index in [0.717, 1.165) is 36.3 Å². The standard InChI is InChI=1S/C16H19NO2/c1-12-7-6-10-16(19-12)15(18-2)11-14(17-16)13-8-4-3-5-9-13/h3-5,8-9,11-12H,6-7,10H2,1-2H3/t12-,16+/m1/s1. The largest absolute Gasteiger partial charge is 0.496 e. The molecule has 0 radical (unpaired) electrons. The predicted molar refractivity (Wildman–Crippen MR) is 75.2 cm³/mol. The Labute approximate surface area is 114 Å². The van der Waals surface area contributed by atoms with Crippen molar-refractivity contribution >= 4 is 5.71 Å². The molecule has 2 aliphatic heterocycles. The number of ether oxygens (including phenoxy) is 2. The summed E-state index contributed by atoms with van der Waals surface area (Å²) in [5.41, 5.74) is 1.47. The fourth-order valence-electron chi connectivity index (χ4n) is 2.84. The van der Waals surface area contributed by atoms with Crippen molar-refractivity contribution in [2.45, 2.75) is 38.0 Å². The van der Waals surface area contributed by atoms with Gasteiger partial charge in [-0.2, -0.15) is 0 Å². The minimum absolute atomic E-state index is 0.228. The maximum Gasteiger partial charge on any atom is 0.217 e. The number of methoxy groups -OCH3 is 1. The molecule has 0 saturated carbocycles. The van der Waals surface area contributed by atoms with Crippen LogP contribution < -0.4 is 0 Å². The molecule has 1 fully saturated rings. The van der Waals surface area contributed by atoms with Gasteiger partial charge in [-0.05, 0) is 25.3 Å². The monoisotopic (exact) mass is 257 g/mol. The third kappa shape index (κ3) is 2.19. The molecule has 2 aliphatic rings. The Hall–Kier alpha value is -1.61. The molecule has 1 spiro atoms. The molecule has 100 valence electrons. The van der Waals surface area contributed by atoms with Crippen molar-refractivity contribution in [2.24, 2.45) is 4.99 Å². The molecule has 0 aromatic heterocycles. The topological polar surface area (TPSA) is 30.8 Å². The van der Waals surface area contributed by atoms with Gasteiger partial charge in [-0.15, -0.1) is 0 Å². The minimum Gasteiger partial charge on any atom is -0.496 e. The molecule has 1 aromatic carbocycles. The maximum absolute atomic E-state index is 6.11. The smallest absolute Gasteiger partial charge is 0.217 e. The summed E-state index contributed by atoms with van der Waals surface area (Å²) in [4.78, 5) is 4.83. The lowest BCUT2D eigenvalue weighted by molar-refractivity contribution is -0.112. The van der Waals surface area contributed by atoms with Gasteiger partial charge in [0.1, 0.15) is 0 Å². The third-order valence-electron chi connectivity index (χ3n) is 3.77. The van der Waals surface area contributed by atoms with E-state index in [1.54, 1.807) is 7.11 Å². The zero-order chi connectivity index (χ0) is 13.3. The van der Waals surface area contributed by atoms with E-state index in [-0.39, 0.29) is 6.10 Å². The molecule has 19 heavy (non-hydrogen) atoms. The highest BCUT2D eigenvalue weighted by atomic mass is 16.6. The van der Waals surface area contributed by atoms with Gasteiger partial charge in [0.15, 0.2) is 5.76 Å². The Balaban J connectivity index is 1.98. The Bertz CT molecular complexity index is 521. The van der Waals surface area contributed by atoms with Crippen LogP contribution in [0.4, 0.5) is 0 Å². The second kappa shape index (κ2) is 4.82. The van der Waals surface area contributed by atoms with E-state index in [1.807, 2.05) is 24.3 Å². The Morgan fingerprint density at radius 1 is 1.32 bits per heavy atom. The number of allylic oxidation sites excluding steroid dienone is 1. The highest BCUT2D eigenvalue weighted by Crippen LogP contribution is 2.40. The molecule has 2 atom stereocenters. The molecule has 1 saturated heterocycles. The van der Waals surface area contributed by atoms with E-state index in [1.165, 1.54) is 0 Å². The van der Waals surface area contributed by atoms with Gasteiger partial charge in [0.25, 0.3) is 0 Å². The van der Waals surface area contributed by atoms with Crippen LogP contribution in [0.25, 0.3) is 0 Å². The van der Waals surface area contributed by atoms with E-state index in [2.05, 4.69) is 19.1 Å². The van der Waals surface area contributed by atoms with E-state index in [9.17, 15) is 0 Å². The van der Waals surface area contributed by atoms with Crippen LogP contribution in [0.5, 0.6) is 0 Å². The molecule has 2 heterocycles. The molecule has 1 aromatic rings. The number of aliphatic imine (C=N–C) groups is 1. The van der Waals surface area contributed by atoms with Crippen molar-refractivity contribution in [2.75, 3.05) is 7.11 Å². The van der Waals surface area contributed by atoms with Crippen molar-refractivity contribution in [3.05, 3.63) is 47.7 Å². The lowest BCUT2D eigenvalue weighted by Gasteiger charge is -2.35. The molecular weight excluding hydrogens is 238 g/mol. The van der Waals surface area contributed by atoms with Gasteiger partial charge in [-0.25, -0.2) is 4.99 Å². The van der Waals surface area contributed by atoms with Crippen molar-refractivity contribution < 1.29 is 9.47 Å². The second-order valence-electron chi connectivity index (χ2n) is 5.18. The molecule has 0 unspecified atom stereocenters. The van der Waals surface area contributed by atoms with Crippen molar-refractivity contribution in [1.29, 1.82) is 0 Å². The first-order chi connectivity index (χ1) is 9.23. The van der Waals surface area contributed by atoms with E-state index in [0.29, 0.717) is 0 Å². The molecule has 0 aliphatic carbocycles. The first-order valence-electron chi connectivity index (χ1n) is 6.83. The number of rotatable bonds is 2. The maximum atomic E-state index is 6.11. The average molecular weight is 257 g/mol. The first kappa shape index (κ1) is 12.4. The molecule has 3 nitrogen and oxygen atoms in total. The van der Waals surface area contributed by atoms with Crippen LogP contribution >= 0.6 is 0 Å². The van der Waals surface area contributed by atoms with Crippen LogP contribution in [-0.4, -0.2) is 24.7 Å². The fourth-order valence-corrected chi connectivity index (χ4v) is 2.84. The zero-order valence-corrected chi connectivity index (χ0v) is 11.4. The molecule has 3 heteroatoms. The van der Waals surface area contributed by atoms with E-state index >= 15 is 0 Å². The second-order valence-corrected chi connectivity index (χ2v) is 5.18. The van der Waals surface area contributed by atoms with E-state index in [4.69, 9.17) is 14.5 Å². The van der Waals surface area contributed by atoms with Crippen molar-refractivity contribution in [1.82, 2.24) is 0 Å². The predicted octanol–water partition coefficient (Wildman–Crippen LogP) is 3.30. The van der Waals surface area contributed by atoms with Crippen LogP contribution in [0.15, 0.2) is 47.2 Å². The van der Waals surface area contributed by atoms with Crippen LogP contribution in [0, 0.1) is 0 Å². The van der Waals surface area contributed by atoms with Gasteiger partial charge < -0.3 is 9.47 Å². The van der Waals surface area contributed by atoms with E-state index < -0.39 is 5.72 Å². The Morgan fingerprint density at radius 2 is 2.11 bits per heavy atom. The SMILES string of the molecule is COC1=CC(c2ccccc2)=N[C@]12CCC[C@@H](C)O2. The Morgan fingerprint density at radius 3 is 2.79 bits per heavy atom. The summed E-state index contributed by atoms with van der Waals surface area (Å²) >= 11 is 0.